The van der Waals surface area contributed by atoms with E-state index < -0.39 is 5.50 Å². The summed E-state index contributed by atoms with van der Waals surface area (Å²) < 4.78 is 12.9. The Labute approximate surface area is 95.7 Å². The number of rotatable bonds is 3. The van der Waals surface area contributed by atoms with E-state index in [4.69, 9.17) is 5.73 Å². The molecule has 1 unspecified atom stereocenters. The van der Waals surface area contributed by atoms with E-state index in [1.165, 1.54) is 0 Å². The lowest BCUT2D eigenvalue weighted by Crippen LogP contribution is -2.05. The summed E-state index contributed by atoms with van der Waals surface area (Å²) in [4.78, 5) is 0. The number of halogens is 2. The predicted octanol–water partition coefficient (Wildman–Crippen LogP) is 2.82. The van der Waals surface area contributed by atoms with Crippen LogP contribution in [0.4, 0.5) is 4.39 Å². The lowest BCUT2D eigenvalue weighted by Gasteiger charge is -2.10. The monoisotopic (exact) mass is 235 g/mol. The topological polar surface area (TPSA) is 26.0 Å². The molecule has 0 saturated heterocycles. The van der Waals surface area contributed by atoms with Crippen LogP contribution >= 0.6 is 25.0 Å². The SMILES string of the molecule is Cc1c(CCN)cccc1C(F)S.Cl. The smallest absolute Gasteiger partial charge is 0.168 e. The molecule has 1 aromatic rings. The van der Waals surface area contributed by atoms with Gasteiger partial charge in [-0.1, -0.05) is 18.2 Å². The third-order valence-corrected chi connectivity index (χ3v) is 2.44. The van der Waals surface area contributed by atoms with Crippen molar-refractivity contribution in [2.24, 2.45) is 5.73 Å². The van der Waals surface area contributed by atoms with E-state index in [0.29, 0.717) is 12.1 Å². The predicted molar refractivity (Wildman–Crippen MR) is 64.0 cm³/mol. The Morgan fingerprint density at radius 2 is 2.14 bits per heavy atom. The highest BCUT2D eigenvalue weighted by molar-refractivity contribution is 7.80. The molecule has 80 valence electrons. The molecule has 0 amide bonds. The van der Waals surface area contributed by atoms with Crippen LogP contribution in [-0.4, -0.2) is 6.54 Å². The van der Waals surface area contributed by atoms with Gasteiger partial charge in [-0.3, -0.25) is 0 Å². The first-order valence-electron chi connectivity index (χ1n) is 4.27. The van der Waals surface area contributed by atoms with E-state index in [9.17, 15) is 4.39 Å². The summed E-state index contributed by atoms with van der Waals surface area (Å²) in [6.45, 7) is 2.50. The van der Waals surface area contributed by atoms with Gasteiger partial charge in [0.05, 0.1) is 0 Å². The van der Waals surface area contributed by atoms with Crippen LogP contribution < -0.4 is 5.73 Å². The second-order valence-electron chi connectivity index (χ2n) is 3.01. The standard InChI is InChI=1S/C10H14FNS.ClH/c1-7-8(5-6-12)3-2-4-9(7)10(11)13;/h2-4,10,13H,5-6,12H2,1H3;1H. The molecule has 0 saturated carbocycles. The van der Waals surface area contributed by atoms with Crippen LogP contribution in [0.15, 0.2) is 18.2 Å². The fourth-order valence-corrected chi connectivity index (χ4v) is 1.67. The van der Waals surface area contributed by atoms with E-state index in [0.717, 1.165) is 17.5 Å². The molecule has 1 rings (SSSR count). The zero-order valence-electron chi connectivity index (χ0n) is 8.03. The zero-order chi connectivity index (χ0) is 9.84. The highest BCUT2D eigenvalue weighted by Crippen LogP contribution is 2.26. The van der Waals surface area contributed by atoms with Crippen LogP contribution in [0.5, 0.6) is 0 Å². The van der Waals surface area contributed by atoms with Gasteiger partial charge in [0, 0.05) is 0 Å². The van der Waals surface area contributed by atoms with Gasteiger partial charge in [-0.15, -0.1) is 25.0 Å². The van der Waals surface area contributed by atoms with Crippen LogP contribution in [0.25, 0.3) is 0 Å². The van der Waals surface area contributed by atoms with Crippen molar-refractivity contribution in [3.63, 3.8) is 0 Å². The summed E-state index contributed by atoms with van der Waals surface area (Å²) in [5, 5.41) is 0. The summed E-state index contributed by atoms with van der Waals surface area (Å²) in [6.07, 6.45) is 0.792. The Bertz CT molecular complexity index is 291. The molecule has 4 heteroatoms. The van der Waals surface area contributed by atoms with Crippen molar-refractivity contribution < 1.29 is 4.39 Å². The molecule has 1 nitrogen and oxygen atoms in total. The maximum atomic E-state index is 12.9. The Hall–Kier alpha value is -0.250. The van der Waals surface area contributed by atoms with Crippen molar-refractivity contribution in [3.05, 3.63) is 34.9 Å². The molecular weight excluding hydrogens is 221 g/mol. The fraction of sp³-hybridized carbons (Fsp3) is 0.400. The third-order valence-electron chi connectivity index (χ3n) is 2.16. The van der Waals surface area contributed by atoms with Crippen LogP contribution in [0, 0.1) is 6.92 Å². The Balaban J connectivity index is 0.00000169. The second kappa shape index (κ2) is 6.27. The van der Waals surface area contributed by atoms with Gasteiger partial charge in [0.25, 0.3) is 0 Å². The lowest BCUT2D eigenvalue weighted by molar-refractivity contribution is 0.471. The molecule has 0 aliphatic carbocycles. The average Bonchev–Trinajstić information content (AvgIpc) is 2.08. The van der Waals surface area contributed by atoms with Crippen molar-refractivity contribution in [2.75, 3.05) is 6.54 Å². The molecule has 1 aromatic carbocycles. The van der Waals surface area contributed by atoms with Crippen molar-refractivity contribution >= 4 is 25.0 Å². The number of hydrogen-bond acceptors (Lipinski definition) is 2. The number of nitrogens with two attached hydrogens (primary N) is 1. The third kappa shape index (κ3) is 3.15. The molecule has 0 heterocycles. The molecule has 0 radical (unpaired) electrons. The molecule has 2 N–H and O–H groups in total. The summed E-state index contributed by atoms with van der Waals surface area (Å²) in [6, 6.07) is 5.57. The Morgan fingerprint density at radius 3 is 2.64 bits per heavy atom. The molecule has 14 heavy (non-hydrogen) atoms. The van der Waals surface area contributed by atoms with E-state index in [-0.39, 0.29) is 12.4 Å². The molecule has 0 aliphatic heterocycles. The highest BCUT2D eigenvalue weighted by atomic mass is 35.5. The van der Waals surface area contributed by atoms with Crippen molar-refractivity contribution in [3.8, 4) is 0 Å². The van der Waals surface area contributed by atoms with Gasteiger partial charge >= 0.3 is 0 Å². The zero-order valence-corrected chi connectivity index (χ0v) is 9.75. The molecule has 0 bridgehead atoms. The molecule has 1 atom stereocenters. The van der Waals surface area contributed by atoms with Gasteiger partial charge in [-0.25, -0.2) is 4.39 Å². The summed E-state index contributed by atoms with van der Waals surface area (Å²) in [5.41, 5.74) is 6.97. The fourth-order valence-electron chi connectivity index (χ4n) is 1.39. The van der Waals surface area contributed by atoms with Gasteiger partial charge in [-0.2, -0.15) is 0 Å². The first-order chi connectivity index (χ1) is 6.16. The Kier molecular flexibility index (Phi) is 6.16. The molecular formula is C10H15ClFNS. The summed E-state index contributed by atoms with van der Waals surface area (Å²) >= 11 is 3.77. The maximum Gasteiger partial charge on any atom is 0.168 e. The second-order valence-corrected chi connectivity index (χ2v) is 3.46. The van der Waals surface area contributed by atoms with Crippen LogP contribution in [0.2, 0.25) is 0 Å². The van der Waals surface area contributed by atoms with E-state index >= 15 is 0 Å². The normalized spacial score (nSPS) is 12.0. The highest BCUT2D eigenvalue weighted by Gasteiger charge is 2.09. The average molecular weight is 236 g/mol. The molecule has 0 fully saturated rings. The first-order valence-corrected chi connectivity index (χ1v) is 4.79. The van der Waals surface area contributed by atoms with Gasteiger partial charge < -0.3 is 5.73 Å². The lowest BCUT2D eigenvalue weighted by atomic mass is 10.0. The van der Waals surface area contributed by atoms with Crippen molar-refractivity contribution in [1.29, 1.82) is 0 Å². The number of thiol groups is 1. The summed E-state index contributed by atoms with van der Waals surface area (Å²) in [5.74, 6) is 0. The molecule has 0 spiro atoms. The summed E-state index contributed by atoms with van der Waals surface area (Å²) in [7, 11) is 0. The number of hydrogen-bond donors (Lipinski definition) is 2. The maximum absolute atomic E-state index is 12.9. The minimum atomic E-state index is -1.20. The number of alkyl halides is 1. The largest absolute Gasteiger partial charge is 0.330 e. The van der Waals surface area contributed by atoms with E-state index in [1.807, 2.05) is 19.1 Å². The molecule has 0 aromatic heterocycles. The number of benzene rings is 1. The van der Waals surface area contributed by atoms with Crippen LogP contribution in [0.1, 0.15) is 22.2 Å². The van der Waals surface area contributed by atoms with Crippen molar-refractivity contribution in [2.45, 2.75) is 18.8 Å². The van der Waals surface area contributed by atoms with E-state index in [1.54, 1.807) is 6.07 Å². The van der Waals surface area contributed by atoms with Crippen molar-refractivity contribution in [1.82, 2.24) is 0 Å². The van der Waals surface area contributed by atoms with Gasteiger partial charge in [0.1, 0.15) is 0 Å². The first kappa shape index (κ1) is 13.8. The molecule has 0 aliphatic rings. The van der Waals surface area contributed by atoms with Gasteiger partial charge in [0.15, 0.2) is 5.50 Å². The minimum absolute atomic E-state index is 0. The van der Waals surface area contributed by atoms with Crippen LogP contribution in [-0.2, 0) is 6.42 Å². The quantitative estimate of drug-likeness (QED) is 0.775. The van der Waals surface area contributed by atoms with Gasteiger partial charge in [0.2, 0.25) is 0 Å². The van der Waals surface area contributed by atoms with Crippen LogP contribution in [0.3, 0.4) is 0 Å². The Morgan fingerprint density at radius 1 is 1.50 bits per heavy atom. The van der Waals surface area contributed by atoms with E-state index in [2.05, 4.69) is 12.6 Å². The van der Waals surface area contributed by atoms with Gasteiger partial charge in [-0.05, 0) is 36.6 Å². The minimum Gasteiger partial charge on any atom is -0.330 e.